The van der Waals surface area contributed by atoms with Gasteiger partial charge in [0.1, 0.15) is 0 Å². The minimum Gasteiger partial charge on any atom is -0.394 e. The van der Waals surface area contributed by atoms with Crippen LogP contribution in [0, 0.1) is 0 Å². The van der Waals surface area contributed by atoms with E-state index in [1.54, 1.807) is 6.92 Å². The average molecular weight is 274 g/mol. The first-order valence-electron chi connectivity index (χ1n) is 5.14. The summed E-state index contributed by atoms with van der Waals surface area (Å²) in [7, 11) is 1.42. The Morgan fingerprint density at radius 1 is 1.56 bits per heavy atom. The van der Waals surface area contributed by atoms with Gasteiger partial charge < -0.3 is 10.4 Å². The van der Waals surface area contributed by atoms with Gasteiger partial charge in [0, 0.05) is 7.05 Å². The number of aromatic nitrogens is 4. The molecule has 0 aliphatic heterocycles. The van der Waals surface area contributed by atoms with Crippen LogP contribution in [-0.4, -0.2) is 56.2 Å². The molecule has 0 bridgehead atoms. The molecule has 0 saturated heterocycles. The molecule has 1 aromatic heterocycles. The number of hydrogen-bond donors (Lipinski definition) is 3. The molecule has 1 heterocycles. The van der Waals surface area contributed by atoms with Gasteiger partial charge in [0.2, 0.25) is 11.1 Å². The van der Waals surface area contributed by atoms with E-state index in [4.69, 9.17) is 5.11 Å². The highest BCUT2D eigenvalue weighted by Crippen LogP contribution is 2.19. The molecule has 1 aromatic rings. The summed E-state index contributed by atoms with van der Waals surface area (Å²) in [4.78, 5) is 22.6. The van der Waals surface area contributed by atoms with Gasteiger partial charge in [0.15, 0.2) is 0 Å². The third-order valence-corrected chi connectivity index (χ3v) is 3.00. The van der Waals surface area contributed by atoms with E-state index < -0.39 is 17.2 Å². The van der Waals surface area contributed by atoms with Gasteiger partial charge in [0.25, 0.3) is 0 Å². The number of hydrogen-bond acceptors (Lipinski definition) is 7. The van der Waals surface area contributed by atoms with Crippen molar-refractivity contribution < 1.29 is 14.7 Å². The van der Waals surface area contributed by atoms with Gasteiger partial charge >= 0.3 is 6.03 Å². The normalized spacial score (nSPS) is 11.9. The van der Waals surface area contributed by atoms with Gasteiger partial charge in [-0.1, -0.05) is 11.8 Å². The molecule has 9 nitrogen and oxygen atoms in total. The summed E-state index contributed by atoms with van der Waals surface area (Å²) in [6.45, 7) is 1.78. The Bertz CT molecular complexity index is 423. The molecular formula is C8H14N6O3S. The smallest absolute Gasteiger partial charge is 0.321 e. The van der Waals surface area contributed by atoms with E-state index in [1.165, 1.54) is 11.7 Å². The number of amides is 3. The lowest BCUT2D eigenvalue weighted by atomic mass is 10.4. The fourth-order valence-electron chi connectivity index (χ4n) is 1.00. The van der Waals surface area contributed by atoms with Crippen LogP contribution in [0.15, 0.2) is 5.16 Å². The number of imide groups is 1. The lowest BCUT2D eigenvalue weighted by Gasteiger charge is -2.10. The van der Waals surface area contributed by atoms with Crippen molar-refractivity contribution in [2.75, 3.05) is 13.7 Å². The van der Waals surface area contributed by atoms with Crippen molar-refractivity contribution >= 4 is 23.7 Å². The summed E-state index contributed by atoms with van der Waals surface area (Å²) < 4.78 is 1.38. The van der Waals surface area contributed by atoms with Gasteiger partial charge in [-0.05, 0) is 17.4 Å². The van der Waals surface area contributed by atoms with Crippen molar-refractivity contribution in [2.45, 2.75) is 23.9 Å². The van der Waals surface area contributed by atoms with Crippen LogP contribution in [-0.2, 0) is 11.3 Å². The predicted molar refractivity (Wildman–Crippen MR) is 62.8 cm³/mol. The van der Waals surface area contributed by atoms with E-state index in [-0.39, 0.29) is 13.2 Å². The molecule has 10 heteroatoms. The van der Waals surface area contributed by atoms with Crippen LogP contribution in [0.3, 0.4) is 0 Å². The Morgan fingerprint density at radius 2 is 2.28 bits per heavy atom. The number of thioether (sulfide) groups is 1. The van der Waals surface area contributed by atoms with Crippen molar-refractivity contribution in [1.82, 2.24) is 30.8 Å². The summed E-state index contributed by atoms with van der Waals surface area (Å²) in [5.74, 6) is -0.446. The minimum absolute atomic E-state index is 0.0998. The van der Waals surface area contributed by atoms with E-state index in [0.717, 1.165) is 11.8 Å². The second kappa shape index (κ2) is 6.91. The summed E-state index contributed by atoms with van der Waals surface area (Å²) in [5, 5.41) is 23.9. The highest BCUT2D eigenvalue weighted by molar-refractivity contribution is 8.00. The maximum Gasteiger partial charge on any atom is 0.321 e. The summed E-state index contributed by atoms with van der Waals surface area (Å²) in [6.07, 6.45) is 0. The zero-order valence-electron chi connectivity index (χ0n) is 9.95. The van der Waals surface area contributed by atoms with Crippen molar-refractivity contribution in [3.8, 4) is 0 Å². The molecule has 0 aliphatic carbocycles. The zero-order valence-corrected chi connectivity index (χ0v) is 10.8. The molecular weight excluding hydrogens is 260 g/mol. The standard InChI is InChI=1S/C8H14N6O3S/c1-5(6(16)10-7(17)9-2)18-8-11-12-13-14(8)3-4-15/h5,15H,3-4H2,1-2H3,(H2,9,10,16,17). The predicted octanol–water partition coefficient (Wildman–Crippen LogP) is -1.40. The van der Waals surface area contributed by atoms with Gasteiger partial charge in [-0.15, -0.1) is 5.10 Å². The number of aliphatic hydroxyl groups excluding tert-OH is 1. The monoisotopic (exact) mass is 274 g/mol. The fraction of sp³-hybridized carbons (Fsp3) is 0.625. The average Bonchev–Trinajstić information content (AvgIpc) is 2.77. The quantitative estimate of drug-likeness (QED) is 0.564. The fourth-order valence-corrected chi connectivity index (χ4v) is 1.82. The second-order valence-corrected chi connectivity index (χ2v) is 4.54. The number of tetrazole rings is 1. The maximum atomic E-state index is 11.6. The van der Waals surface area contributed by atoms with Crippen LogP contribution in [0.4, 0.5) is 4.79 Å². The summed E-state index contributed by atoms with van der Waals surface area (Å²) in [6, 6.07) is -0.567. The summed E-state index contributed by atoms with van der Waals surface area (Å²) in [5.41, 5.74) is 0. The lowest BCUT2D eigenvalue weighted by Crippen LogP contribution is -2.41. The molecule has 1 atom stereocenters. The molecule has 0 saturated carbocycles. The topological polar surface area (TPSA) is 122 Å². The van der Waals surface area contributed by atoms with E-state index in [0.29, 0.717) is 5.16 Å². The van der Waals surface area contributed by atoms with Crippen LogP contribution in [0.2, 0.25) is 0 Å². The van der Waals surface area contributed by atoms with Crippen molar-refractivity contribution in [1.29, 1.82) is 0 Å². The molecule has 3 N–H and O–H groups in total. The minimum atomic E-state index is -0.567. The summed E-state index contributed by atoms with van der Waals surface area (Å²) >= 11 is 1.10. The van der Waals surface area contributed by atoms with Crippen LogP contribution < -0.4 is 10.6 Å². The molecule has 1 unspecified atom stereocenters. The zero-order chi connectivity index (χ0) is 13.5. The van der Waals surface area contributed by atoms with Gasteiger partial charge in [-0.2, -0.15) is 0 Å². The third-order valence-electron chi connectivity index (χ3n) is 1.93. The van der Waals surface area contributed by atoms with Crippen LogP contribution >= 0.6 is 11.8 Å². The second-order valence-electron chi connectivity index (χ2n) is 3.24. The molecule has 0 spiro atoms. The number of nitrogens with one attached hydrogen (secondary N) is 2. The third kappa shape index (κ3) is 3.96. The van der Waals surface area contributed by atoms with Crippen molar-refractivity contribution in [3.63, 3.8) is 0 Å². The van der Waals surface area contributed by atoms with Gasteiger partial charge in [-0.25, -0.2) is 9.48 Å². The molecule has 18 heavy (non-hydrogen) atoms. The molecule has 0 aromatic carbocycles. The molecule has 1 rings (SSSR count). The van der Waals surface area contributed by atoms with Gasteiger partial charge in [0.05, 0.1) is 18.4 Å². The van der Waals surface area contributed by atoms with E-state index in [1.807, 2.05) is 0 Å². The molecule has 0 radical (unpaired) electrons. The molecule has 0 aliphatic rings. The first-order valence-corrected chi connectivity index (χ1v) is 6.02. The maximum absolute atomic E-state index is 11.6. The van der Waals surface area contributed by atoms with Crippen LogP contribution in [0.1, 0.15) is 6.92 Å². The Balaban J connectivity index is 2.58. The first-order chi connectivity index (χ1) is 8.58. The van der Waals surface area contributed by atoms with E-state index >= 15 is 0 Å². The first kappa shape index (κ1) is 14.4. The Hall–Kier alpha value is -1.68. The number of urea groups is 1. The van der Waals surface area contributed by atoms with Crippen molar-refractivity contribution in [3.05, 3.63) is 0 Å². The highest BCUT2D eigenvalue weighted by Gasteiger charge is 2.19. The van der Waals surface area contributed by atoms with E-state index in [2.05, 4.69) is 26.2 Å². The molecule has 100 valence electrons. The Morgan fingerprint density at radius 3 is 2.89 bits per heavy atom. The Labute approximate surface area is 107 Å². The van der Waals surface area contributed by atoms with Gasteiger partial charge in [-0.3, -0.25) is 10.1 Å². The van der Waals surface area contributed by atoms with Crippen LogP contribution in [0.25, 0.3) is 0 Å². The van der Waals surface area contributed by atoms with E-state index in [9.17, 15) is 9.59 Å². The lowest BCUT2D eigenvalue weighted by molar-refractivity contribution is -0.119. The molecule has 0 fully saturated rings. The van der Waals surface area contributed by atoms with Crippen molar-refractivity contribution in [2.24, 2.45) is 0 Å². The van der Waals surface area contributed by atoms with Crippen LogP contribution in [0.5, 0.6) is 0 Å². The number of rotatable bonds is 5. The number of carbonyl (C=O) groups excluding carboxylic acids is 2. The SMILES string of the molecule is CNC(=O)NC(=O)C(C)Sc1nnnn1CCO. The number of nitrogens with zero attached hydrogens (tertiary/aromatic N) is 4. The Kier molecular flexibility index (Phi) is 5.52. The number of aliphatic hydroxyl groups is 1. The number of carbonyl (C=O) groups is 2. The molecule has 3 amide bonds. The highest BCUT2D eigenvalue weighted by atomic mass is 32.2. The largest absolute Gasteiger partial charge is 0.394 e.